The van der Waals surface area contributed by atoms with Gasteiger partial charge in [-0.05, 0) is 31.0 Å². The molecule has 2 N–H and O–H groups in total. The third-order valence-electron chi connectivity index (χ3n) is 3.04. The summed E-state index contributed by atoms with van der Waals surface area (Å²) in [6, 6.07) is 4.55. The van der Waals surface area contributed by atoms with Crippen LogP contribution in [-0.2, 0) is 4.74 Å². The SMILES string of the molecule is COC1CCCN(c2ccc(F)cc2N)C1. The van der Waals surface area contributed by atoms with Crippen LogP contribution >= 0.6 is 0 Å². The summed E-state index contributed by atoms with van der Waals surface area (Å²) in [7, 11) is 1.72. The highest BCUT2D eigenvalue weighted by atomic mass is 19.1. The normalized spacial score (nSPS) is 21.1. The number of benzene rings is 1. The van der Waals surface area contributed by atoms with Crippen molar-refractivity contribution in [3.05, 3.63) is 24.0 Å². The van der Waals surface area contributed by atoms with E-state index in [1.807, 2.05) is 0 Å². The summed E-state index contributed by atoms with van der Waals surface area (Å²) in [4.78, 5) is 2.16. The molecule has 0 aliphatic carbocycles. The van der Waals surface area contributed by atoms with E-state index < -0.39 is 0 Å². The minimum atomic E-state index is -0.290. The molecule has 0 spiro atoms. The fourth-order valence-corrected chi connectivity index (χ4v) is 2.16. The number of halogens is 1. The van der Waals surface area contributed by atoms with Gasteiger partial charge in [-0.1, -0.05) is 0 Å². The lowest BCUT2D eigenvalue weighted by molar-refractivity contribution is 0.0894. The highest BCUT2D eigenvalue weighted by molar-refractivity contribution is 5.67. The molecular weight excluding hydrogens is 207 g/mol. The van der Waals surface area contributed by atoms with Gasteiger partial charge in [0, 0.05) is 20.2 Å². The lowest BCUT2D eigenvalue weighted by atomic mass is 10.1. The van der Waals surface area contributed by atoms with E-state index in [1.54, 1.807) is 13.2 Å². The van der Waals surface area contributed by atoms with E-state index in [1.165, 1.54) is 12.1 Å². The van der Waals surface area contributed by atoms with E-state index in [0.717, 1.165) is 31.6 Å². The lowest BCUT2D eigenvalue weighted by Crippen LogP contribution is -2.39. The zero-order valence-electron chi connectivity index (χ0n) is 9.45. The van der Waals surface area contributed by atoms with Gasteiger partial charge >= 0.3 is 0 Å². The number of nitrogens with zero attached hydrogens (tertiary/aromatic N) is 1. The van der Waals surface area contributed by atoms with Gasteiger partial charge < -0.3 is 15.4 Å². The Morgan fingerprint density at radius 3 is 3.00 bits per heavy atom. The van der Waals surface area contributed by atoms with Crippen LogP contribution in [0.4, 0.5) is 15.8 Å². The van der Waals surface area contributed by atoms with E-state index in [4.69, 9.17) is 10.5 Å². The fraction of sp³-hybridized carbons (Fsp3) is 0.500. The van der Waals surface area contributed by atoms with Crippen LogP contribution in [0.5, 0.6) is 0 Å². The molecule has 1 aromatic carbocycles. The molecule has 1 aliphatic rings. The van der Waals surface area contributed by atoms with Gasteiger partial charge in [0.2, 0.25) is 0 Å². The number of anilines is 2. The van der Waals surface area contributed by atoms with Crippen LogP contribution in [0.25, 0.3) is 0 Å². The standard InChI is InChI=1S/C12H17FN2O/c1-16-10-3-2-6-15(8-10)12-5-4-9(13)7-11(12)14/h4-5,7,10H,2-3,6,8,14H2,1H3. The van der Waals surface area contributed by atoms with Crippen LogP contribution in [0.2, 0.25) is 0 Å². The number of hydrogen-bond acceptors (Lipinski definition) is 3. The Kier molecular flexibility index (Phi) is 3.29. The summed E-state index contributed by atoms with van der Waals surface area (Å²) in [5.41, 5.74) is 7.22. The molecule has 3 nitrogen and oxygen atoms in total. The molecule has 1 fully saturated rings. The monoisotopic (exact) mass is 224 g/mol. The molecule has 0 amide bonds. The van der Waals surface area contributed by atoms with Crippen LogP contribution < -0.4 is 10.6 Å². The Balaban J connectivity index is 2.16. The maximum atomic E-state index is 12.9. The zero-order chi connectivity index (χ0) is 11.5. The summed E-state index contributed by atoms with van der Waals surface area (Å²) in [6.07, 6.45) is 2.40. The molecule has 0 bridgehead atoms. The van der Waals surface area contributed by atoms with Crippen molar-refractivity contribution in [1.82, 2.24) is 0 Å². The summed E-state index contributed by atoms with van der Waals surface area (Å²) in [6.45, 7) is 1.78. The summed E-state index contributed by atoms with van der Waals surface area (Å²) >= 11 is 0. The molecule has 0 aromatic heterocycles. The summed E-state index contributed by atoms with van der Waals surface area (Å²) < 4.78 is 18.3. The molecular formula is C12H17FN2O. The van der Waals surface area contributed by atoms with Crippen molar-refractivity contribution in [2.75, 3.05) is 30.8 Å². The molecule has 1 atom stereocenters. The first kappa shape index (κ1) is 11.2. The van der Waals surface area contributed by atoms with Crippen molar-refractivity contribution < 1.29 is 9.13 Å². The van der Waals surface area contributed by atoms with Crippen molar-refractivity contribution in [2.24, 2.45) is 0 Å². The zero-order valence-corrected chi connectivity index (χ0v) is 9.45. The van der Waals surface area contributed by atoms with Crippen molar-refractivity contribution in [3.8, 4) is 0 Å². The predicted molar refractivity (Wildman–Crippen MR) is 63.1 cm³/mol. The van der Waals surface area contributed by atoms with E-state index in [9.17, 15) is 4.39 Å². The number of ether oxygens (including phenoxy) is 1. The molecule has 4 heteroatoms. The predicted octanol–water partition coefficient (Wildman–Crippen LogP) is 2.02. The van der Waals surface area contributed by atoms with Gasteiger partial charge in [-0.15, -0.1) is 0 Å². The molecule has 88 valence electrons. The summed E-state index contributed by atoms with van der Waals surface area (Å²) in [5.74, 6) is -0.290. The fourth-order valence-electron chi connectivity index (χ4n) is 2.16. The smallest absolute Gasteiger partial charge is 0.125 e. The molecule has 0 radical (unpaired) electrons. The molecule has 2 rings (SSSR count). The number of rotatable bonds is 2. The van der Waals surface area contributed by atoms with Crippen LogP contribution in [0, 0.1) is 5.82 Å². The second-order valence-corrected chi connectivity index (χ2v) is 4.15. The summed E-state index contributed by atoms with van der Waals surface area (Å²) in [5, 5.41) is 0. The Hall–Kier alpha value is -1.29. The van der Waals surface area contributed by atoms with E-state index >= 15 is 0 Å². The Morgan fingerprint density at radius 2 is 2.31 bits per heavy atom. The topological polar surface area (TPSA) is 38.5 Å². The number of piperidine rings is 1. The van der Waals surface area contributed by atoms with Gasteiger partial charge in [0.1, 0.15) is 5.82 Å². The van der Waals surface area contributed by atoms with Gasteiger partial charge in [-0.25, -0.2) is 4.39 Å². The third-order valence-corrected chi connectivity index (χ3v) is 3.04. The molecule has 1 aromatic rings. The van der Waals surface area contributed by atoms with Crippen molar-refractivity contribution in [3.63, 3.8) is 0 Å². The van der Waals surface area contributed by atoms with Crippen LogP contribution in [0.3, 0.4) is 0 Å². The van der Waals surface area contributed by atoms with Crippen LogP contribution in [0.15, 0.2) is 18.2 Å². The van der Waals surface area contributed by atoms with Gasteiger partial charge in [0.25, 0.3) is 0 Å². The average molecular weight is 224 g/mol. The molecule has 1 heterocycles. The van der Waals surface area contributed by atoms with Gasteiger partial charge in [0.05, 0.1) is 17.5 Å². The third kappa shape index (κ3) is 2.27. The molecule has 1 saturated heterocycles. The highest BCUT2D eigenvalue weighted by Crippen LogP contribution is 2.27. The number of nitrogens with two attached hydrogens (primary N) is 1. The van der Waals surface area contributed by atoms with Crippen LogP contribution in [-0.4, -0.2) is 26.3 Å². The van der Waals surface area contributed by atoms with Crippen molar-refractivity contribution in [2.45, 2.75) is 18.9 Å². The number of hydrogen-bond donors (Lipinski definition) is 1. The van der Waals surface area contributed by atoms with Crippen LogP contribution in [0.1, 0.15) is 12.8 Å². The first-order valence-corrected chi connectivity index (χ1v) is 5.53. The van der Waals surface area contributed by atoms with Crippen molar-refractivity contribution >= 4 is 11.4 Å². The van der Waals surface area contributed by atoms with Gasteiger partial charge in [0.15, 0.2) is 0 Å². The maximum Gasteiger partial charge on any atom is 0.125 e. The van der Waals surface area contributed by atoms with E-state index in [-0.39, 0.29) is 11.9 Å². The number of nitrogen functional groups attached to an aromatic ring is 1. The largest absolute Gasteiger partial charge is 0.397 e. The van der Waals surface area contributed by atoms with Gasteiger partial charge in [-0.2, -0.15) is 0 Å². The Morgan fingerprint density at radius 1 is 1.50 bits per heavy atom. The minimum Gasteiger partial charge on any atom is -0.397 e. The molecule has 1 unspecified atom stereocenters. The van der Waals surface area contributed by atoms with Gasteiger partial charge in [-0.3, -0.25) is 0 Å². The molecule has 0 saturated carbocycles. The minimum absolute atomic E-state index is 0.248. The van der Waals surface area contributed by atoms with Crippen molar-refractivity contribution in [1.29, 1.82) is 0 Å². The Bertz CT molecular complexity index is 370. The quantitative estimate of drug-likeness (QED) is 0.781. The highest BCUT2D eigenvalue weighted by Gasteiger charge is 2.20. The van der Waals surface area contributed by atoms with E-state index in [0.29, 0.717) is 5.69 Å². The maximum absolute atomic E-state index is 12.9. The van der Waals surface area contributed by atoms with E-state index in [2.05, 4.69) is 4.90 Å². The molecule has 16 heavy (non-hydrogen) atoms. The lowest BCUT2D eigenvalue weighted by Gasteiger charge is -2.34. The number of methoxy groups -OCH3 is 1. The Labute approximate surface area is 95.0 Å². The first-order valence-electron chi connectivity index (χ1n) is 5.53. The first-order chi connectivity index (χ1) is 7.70. The second-order valence-electron chi connectivity index (χ2n) is 4.15. The molecule has 1 aliphatic heterocycles. The second kappa shape index (κ2) is 4.70. The average Bonchev–Trinajstić information content (AvgIpc) is 2.29.